The van der Waals surface area contributed by atoms with Crippen LogP contribution in [0.4, 0.5) is 0 Å². The Balaban J connectivity index is 1.56. The number of piperazine rings is 1. The minimum absolute atomic E-state index is 0.0977. The summed E-state index contributed by atoms with van der Waals surface area (Å²) in [5.41, 5.74) is 8.56. The first-order chi connectivity index (χ1) is 12.2. The highest BCUT2D eigenvalue weighted by molar-refractivity contribution is 5.94. The Labute approximate surface area is 149 Å². The molecule has 3 rings (SSSR count). The predicted molar refractivity (Wildman–Crippen MR) is 98.5 cm³/mol. The van der Waals surface area contributed by atoms with Crippen LogP contribution in [0, 0.1) is 0 Å². The van der Waals surface area contributed by atoms with Crippen LogP contribution in [-0.2, 0) is 13.1 Å². The third-order valence-corrected chi connectivity index (χ3v) is 4.68. The van der Waals surface area contributed by atoms with Gasteiger partial charge in [0.25, 0.3) is 5.91 Å². The minimum Gasteiger partial charge on any atom is -0.496 e. The summed E-state index contributed by atoms with van der Waals surface area (Å²) in [6.45, 7) is 4.56. The normalized spacial score (nSPS) is 15.2. The first-order valence-corrected chi connectivity index (χ1v) is 8.64. The summed E-state index contributed by atoms with van der Waals surface area (Å²) >= 11 is 0. The molecule has 25 heavy (non-hydrogen) atoms. The molecule has 1 aliphatic rings. The summed E-state index contributed by atoms with van der Waals surface area (Å²) in [5.74, 6) is 1.02. The van der Waals surface area contributed by atoms with Crippen molar-refractivity contribution in [2.75, 3.05) is 33.3 Å². The van der Waals surface area contributed by atoms with Crippen molar-refractivity contribution in [3.05, 3.63) is 65.2 Å². The molecule has 0 radical (unpaired) electrons. The number of hydrogen-bond donors (Lipinski definition) is 1. The molecule has 0 unspecified atom stereocenters. The van der Waals surface area contributed by atoms with E-state index in [1.807, 2.05) is 47.4 Å². The molecule has 2 N–H and O–H groups in total. The van der Waals surface area contributed by atoms with Crippen molar-refractivity contribution in [1.82, 2.24) is 9.80 Å². The van der Waals surface area contributed by atoms with Crippen LogP contribution in [0.25, 0.3) is 0 Å². The number of carbonyl (C=O) groups excluding carboxylic acids is 1. The quantitative estimate of drug-likeness (QED) is 0.906. The number of rotatable bonds is 5. The van der Waals surface area contributed by atoms with Crippen LogP contribution in [0.2, 0.25) is 0 Å². The number of benzene rings is 2. The maximum absolute atomic E-state index is 12.6. The second-order valence-electron chi connectivity index (χ2n) is 6.28. The molecule has 2 aromatic rings. The average Bonchev–Trinajstić information content (AvgIpc) is 2.68. The summed E-state index contributed by atoms with van der Waals surface area (Å²) in [5, 5.41) is 0. The average molecular weight is 339 g/mol. The van der Waals surface area contributed by atoms with Crippen molar-refractivity contribution in [3.63, 3.8) is 0 Å². The van der Waals surface area contributed by atoms with Gasteiger partial charge in [-0.1, -0.05) is 30.3 Å². The zero-order chi connectivity index (χ0) is 17.6. The molecule has 0 bridgehead atoms. The molecule has 5 nitrogen and oxygen atoms in total. The van der Waals surface area contributed by atoms with Crippen molar-refractivity contribution in [3.8, 4) is 5.75 Å². The van der Waals surface area contributed by atoms with Crippen LogP contribution in [0.15, 0.2) is 48.5 Å². The van der Waals surface area contributed by atoms with E-state index in [2.05, 4.69) is 11.0 Å². The van der Waals surface area contributed by atoms with Crippen molar-refractivity contribution < 1.29 is 9.53 Å². The molecule has 0 spiro atoms. The van der Waals surface area contributed by atoms with E-state index in [0.29, 0.717) is 6.54 Å². The molecule has 0 saturated carbocycles. The highest BCUT2D eigenvalue weighted by Crippen LogP contribution is 2.20. The van der Waals surface area contributed by atoms with E-state index in [1.54, 1.807) is 7.11 Å². The Kier molecular flexibility index (Phi) is 5.68. The van der Waals surface area contributed by atoms with E-state index >= 15 is 0 Å². The Morgan fingerprint density at radius 1 is 1.04 bits per heavy atom. The SMILES string of the molecule is COc1ccccc1CN1CCN(C(=O)c2ccc(CN)cc2)CC1. The standard InChI is InChI=1S/C20H25N3O2/c1-25-19-5-3-2-4-18(19)15-22-10-12-23(13-11-22)20(24)17-8-6-16(14-21)7-9-17/h2-9H,10-15,21H2,1H3. The second-order valence-corrected chi connectivity index (χ2v) is 6.28. The van der Waals surface area contributed by atoms with Crippen LogP contribution < -0.4 is 10.5 Å². The third kappa shape index (κ3) is 4.18. The van der Waals surface area contributed by atoms with E-state index in [4.69, 9.17) is 10.5 Å². The number of carbonyl (C=O) groups is 1. The van der Waals surface area contributed by atoms with E-state index in [1.165, 1.54) is 5.56 Å². The molecule has 1 amide bonds. The van der Waals surface area contributed by atoms with Gasteiger partial charge in [-0.05, 0) is 23.8 Å². The fourth-order valence-electron chi connectivity index (χ4n) is 3.15. The van der Waals surface area contributed by atoms with Gasteiger partial charge in [0.2, 0.25) is 0 Å². The lowest BCUT2D eigenvalue weighted by Crippen LogP contribution is -2.48. The van der Waals surface area contributed by atoms with Gasteiger partial charge in [-0.3, -0.25) is 9.69 Å². The number of nitrogens with two attached hydrogens (primary N) is 1. The van der Waals surface area contributed by atoms with Crippen molar-refractivity contribution in [2.45, 2.75) is 13.1 Å². The fraction of sp³-hybridized carbons (Fsp3) is 0.350. The monoisotopic (exact) mass is 339 g/mol. The molecular weight excluding hydrogens is 314 g/mol. The van der Waals surface area contributed by atoms with Crippen molar-refractivity contribution in [1.29, 1.82) is 0 Å². The molecule has 1 aliphatic heterocycles. The van der Waals surface area contributed by atoms with E-state index in [9.17, 15) is 4.79 Å². The summed E-state index contributed by atoms with van der Waals surface area (Å²) in [7, 11) is 1.70. The highest BCUT2D eigenvalue weighted by Gasteiger charge is 2.22. The van der Waals surface area contributed by atoms with Crippen LogP contribution in [0.1, 0.15) is 21.5 Å². The molecule has 1 fully saturated rings. The van der Waals surface area contributed by atoms with Crippen LogP contribution in [0.5, 0.6) is 5.75 Å². The molecule has 132 valence electrons. The third-order valence-electron chi connectivity index (χ3n) is 4.68. The van der Waals surface area contributed by atoms with Crippen LogP contribution >= 0.6 is 0 Å². The fourth-order valence-corrected chi connectivity index (χ4v) is 3.15. The number of para-hydroxylation sites is 1. The Morgan fingerprint density at radius 3 is 2.36 bits per heavy atom. The molecule has 2 aromatic carbocycles. The van der Waals surface area contributed by atoms with Gasteiger partial charge < -0.3 is 15.4 Å². The zero-order valence-electron chi connectivity index (χ0n) is 14.6. The number of nitrogens with zero attached hydrogens (tertiary/aromatic N) is 2. The van der Waals surface area contributed by atoms with E-state index in [-0.39, 0.29) is 5.91 Å². The maximum Gasteiger partial charge on any atom is 0.253 e. The molecule has 0 aliphatic carbocycles. The number of ether oxygens (including phenoxy) is 1. The molecule has 1 heterocycles. The van der Waals surface area contributed by atoms with Crippen molar-refractivity contribution >= 4 is 5.91 Å². The van der Waals surface area contributed by atoms with Gasteiger partial charge in [0.05, 0.1) is 7.11 Å². The van der Waals surface area contributed by atoms with Gasteiger partial charge in [0, 0.05) is 50.4 Å². The molecule has 5 heteroatoms. The van der Waals surface area contributed by atoms with Crippen LogP contribution in [-0.4, -0.2) is 49.0 Å². The van der Waals surface area contributed by atoms with Gasteiger partial charge >= 0.3 is 0 Å². The number of hydrogen-bond acceptors (Lipinski definition) is 4. The van der Waals surface area contributed by atoms with Crippen molar-refractivity contribution in [2.24, 2.45) is 5.73 Å². The molecular formula is C20H25N3O2. The van der Waals surface area contributed by atoms with Gasteiger partial charge in [0.15, 0.2) is 0 Å². The summed E-state index contributed by atoms with van der Waals surface area (Å²) in [6.07, 6.45) is 0. The maximum atomic E-state index is 12.6. The number of methoxy groups -OCH3 is 1. The van der Waals surface area contributed by atoms with Gasteiger partial charge in [-0.2, -0.15) is 0 Å². The predicted octanol–water partition coefficient (Wildman–Crippen LogP) is 2.11. The smallest absolute Gasteiger partial charge is 0.253 e. The van der Waals surface area contributed by atoms with Gasteiger partial charge in [-0.15, -0.1) is 0 Å². The Bertz CT molecular complexity index is 707. The summed E-state index contributed by atoms with van der Waals surface area (Å²) in [4.78, 5) is 16.9. The lowest BCUT2D eigenvalue weighted by molar-refractivity contribution is 0.0627. The highest BCUT2D eigenvalue weighted by atomic mass is 16.5. The van der Waals surface area contributed by atoms with Gasteiger partial charge in [-0.25, -0.2) is 0 Å². The Morgan fingerprint density at radius 2 is 1.72 bits per heavy atom. The topological polar surface area (TPSA) is 58.8 Å². The first-order valence-electron chi connectivity index (χ1n) is 8.64. The number of amides is 1. The Hall–Kier alpha value is -2.37. The molecule has 0 atom stereocenters. The van der Waals surface area contributed by atoms with Crippen LogP contribution in [0.3, 0.4) is 0 Å². The van der Waals surface area contributed by atoms with E-state index in [0.717, 1.165) is 49.6 Å². The first kappa shape index (κ1) is 17.5. The second kappa shape index (κ2) is 8.14. The van der Waals surface area contributed by atoms with Gasteiger partial charge in [0.1, 0.15) is 5.75 Å². The minimum atomic E-state index is 0.0977. The lowest BCUT2D eigenvalue weighted by atomic mass is 10.1. The zero-order valence-corrected chi connectivity index (χ0v) is 14.6. The van der Waals surface area contributed by atoms with E-state index < -0.39 is 0 Å². The summed E-state index contributed by atoms with van der Waals surface area (Å²) < 4.78 is 5.42. The lowest BCUT2D eigenvalue weighted by Gasteiger charge is -2.35. The largest absolute Gasteiger partial charge is 0.496 e. The molecule has 0 aromatic heterocycles. The summed E-state index contributed by atoms with van der Waals surface area (Å²) in [6, 6.07) is 15.7. The molecule has 1 saturated heterocycles.